The van der Waals surface area contributed by atoms with E-state index in [9.17, 15) is 19.5 Å². The molecule has 1 atom stereocenters. The molecule has 6 rings (SSSR count). The maximum atomic E-state index is 14.0. The van der Waals surface area contributed by atoms with Crippen LogP contribution in [0.4, 0.5) is 10.5 Å². The average Bonchev–Trinajstić information content (AvgIpc) is 3.31. The monoisotopic (exact) mass is 532 g/mol. The van der Waals surface area contributed by atoms with Crippen molar-refractivity contribution in [2.45, 2.75) is 24.9 Å². The zero-order valence-corrected chi connectivity index (χ0v) is 21.8. The number of carbonyl (C=O) groups is 3. The van der Waals surface area contributed by atoms with Crippen molar-refractivity contribution in [3.05, 3.63) is 125 Å². The zero-order valence-electron chi connectivity index (χ0n) is 21.8. The quantitative estimate of drug-likeness (QED) is 0.355. The first-order chi connectivity index (χ1) is 19.5. The molecule has 200 valence electrons. The molecule has 0 aromatic heterocycles. The van der Waals surface area contributed by atoms with Gasteiger partial charge in [-0.3, -0.25) is 19.4 Å². The van der Waals surface area contributed by atoms with E-state index in [4.69, 9.17) is 4.74 Å². The molecular formula is C33H28N2O5. The highest BCUT2D eigenvalue weighted by molar-refractivity contribution is 6.02. The van der Waals surface area contributed by atoms with Gasteiger partial charge in [0, 0.05) is 18.0 Å². The summed E-state index contributed by atoms with van der Waals surface area (Å²) in [6, 6.07) is 31.7. The summed E-state index contributed by atoms with van der Waals surface area (Å²) in [4.78, 5) is 42.1. The van der Waals surface area contributed by atoms with E-state index in [1.165, 1.54) is 9.80 Å². The third-order valence-corrected chi connectivity index (χ3v) is 7.73. The normalized spacial score (nSPS) is 15.5. The lowest BCUT2D eigenvalue weighted by molar-refractivity contribution is -0.137. The van der Waals surface area contributed by atoms with Gasteiger partial charge in [-0.15, -0.1) is 0 Å². The van der Waals surface area contributed by atoms with Crippen molar-refractivity contribution in [1.82, 2.24) is 4.90 Å². The number of anilines is 1. The maximum Gasteiger partial charge on any atom is 0.410 e. The van der Waals surface area contributed by atoms with Crippen LogP contribution in [-0.4, -0.2) is 47.2 Å². The summed E-state index contributed by atoms with van der Waals surface area (Å²) in [5, 5.41) is 9.59. The number of hydrogen-bond acceptors (Lipinski definition) is 4. The van der Waals surface area contributed by atoms with Crippen LogP contribution in [0.5, 0.6) is 0 Å². The van der Waals surface area contributed by atoms with Crippen LogP contribution in [0.3, 0.4) is 0 Å². The molecule has 0 radical (unpaired) electrons. The first-order valence-corrected chi connectivity index (χ1v) is 13.3. The summed E-state index contributed by atoms with van der Waals surface area (Å²) in [5.41, 5.74) is 6.81. The van der Waals surface area contributed by atoms with Gasteiger partial charge in [0.05, 0.1) is 6.54 Å². The number of benzene rings is 4. The molecule has 1 aliphatic heterocycles. The number of amides is 2. The standard InChI is InChI=1S/C33H28N2O5/c36-31(37)20-34(24-12-2-1-3-13-24)32(38)30-18-22-10-4-5-11-23(22)19-35(30)33(39)40-21-29-27-16-8-6-14-25(27)26-15-7-9-17-28(26)29/h1-17,29-30H,18-21H2,(H,36,37)/t30-/m1/s1. The zero-order chi connectivity index (χ0) is 27.6. The number of ether oxygens (including phenoxy) is 1. The van der Waals surface area contributed by atoms with Crippen LogP contribution in [0.25, 0.3) is 11.1 Å². The first-order valence-electron chi connectivity index (χ1n) is 13.3. The molecule has 2 amide bonds. The third kappa shape index (κ3) is 4.71. The second-order valence-electron chi connectivity index (χ2n) is 10.1. The van der Waals surface area contributed by atoms with E-state index in [-0.39, 0.29) is 25.5 Å². The predicted molar refractivity (Wildman–Crippen MR) is 151 cm³/mol. The summed E-state index contributed by atoms with van der Waals surface area (Å²) >= 11 is 0. The van der Waals surface area contributed by atoms with E-state index in [0.717, 1.165) is 33.4 Å². The fourth-order valence-corrected chi connectivity index (χ4v) is 5.83. The molecule has 4 aromatic rings. The lowest BCUT2D eigenvalue weighted by Crippen LogP contribution is -2.55. The Hall–Kier alpha value is -4.91. The third-order valence-electron chi connectivity index (χ3n) is 7.73. The van der Waals surface area contributed by atoms with Gasteiger partial charge in [0.25, 0.3) is 5.91 Å². The predicted octanol–water partition coefficient (Wildman–Crippen LogP) is 5.48. The molecule has 7 heteroatoms. The molecule has 1 aliphatic carbocycles. The number of hydrogen-bond donors (Lipinski definition) is 1. The molecule has 0 spiro atoms. The topological polar surface area (TPSA) is 87.2 Å². The van der Waals surface area contributed by atoms with E-state index >= 15 is 0 Å². The number of fused-ring (bicyclic) bond motifs is 4. The fourth-order valence-electron chi connectivity index (χ4n) is 5.83. The number of carbonyl (C=O) groups excluding carboxylic acids is 2. The summed E-state index contributed by atoms with van der Waals surface area (Å²) in [6.45, 7) is -0.193. The van der Waals surface area contributed by atoms with Gasteiger partial charge in [-0.25, -0.2) is 4.79 Å². The van der Waals surface area contributed by atoms with Gasteiger partial charge >= 0.3 is 12.1 Å². The van der Waals surface area contributed by atoms with Crippen LogP contribution in [-0.2, 0) is 27.3 Å². The van der Waals surface area contributed by atoms with E-state index in [2.05, 4.69) is 24.3 Å². The van der Waals surface area contributed by atoms with Crippen molar-refractivity contribution in [3.63, 3.8) is 0 Å². The molecule has 0 saturated heterocycles. The first kappa shape index (κ1) is 25.4. The maximum absolute atomic E-state index is 14.0. The van der Waals surface area contributed by atoms with Crippen LogP contribution < -0.4 is 4.90 Å². The number of rotatable bonds is 6. The smallest absolute Gasteiger partial charge is 0.410 e. The van der Waals surface area contributed by atoms with E-state index in [1.807, 2.05) is 48.5 Å². The average molecular weight is 533 g/mol. The van der Waals surface area contributed by atoms with Gasteiger partial charge in [0.15, 0.2) is 0 Å². The highest BCUT2D eigenvalue weighted by Crippen LogP contribution is 2.44. The highest BCUT2D eigenvalue weighted by atomic mass is 16.6. The van der Waals surface area contributed by atoms with Crippen LogP contribution in [0.1, 0.15) is 28.2 Å². The number of carboxylic acid groups (broad SMARTS) is 1. The molecule has 1 N–H and O–H groups in total. The van der Waals surface area contributed by atoms with Gasteiger partial charge in [-0.1, -0.05) is 91.0 Å². The Balaban J connectivity index is 1.29. The Morgan fingerprint density at radius 2 is 1.35 bits per heavy atom. The number of aliphatic carboxylic acids is 1. The van der Waals surface area contributed by atoms with Gasteiger partial charge in [-0.05, 0) is 45.5 Å². The van der Waals surface area contributed by atoms with Crippen LogP contribution in [0, 0.1) is 0 Å². The Morgan fingerprint density at radius 3 is 2.00 bits per heavy atom. The minimum atomic E-state index is -1.14. The van der Waals surface area contributed by atoms with Gasteiger partial charge < -0.3 is 9.84 Å². The lowest BCUT2D eigenvalue weighted by Gasteiger charge is -2.37. The molecule has 7 nitrogen and oxygen atoms in total. The van der Waals surface area contributed by atoms with Crippen molar-refractivity contribution in [1.29, 1.82) is 0 Å². The van der Waals surface area contributed by atoms with Crippen molar-refractivity contribution in [2.24, 2.45) is 0 Å². The van der Waals surface area contributed by atoms with Gasteiger partial charge in [0.1, 0.15) is 19.2 Å². The van der Waals surface area contributed by atoms with Crippen molar-refractivity contribution in [3.8, 4) is 11.1 Å². The number of para-hydroxylation sites is 1. The van der Waals surface area contributed by atoms with Crippen LogP contribution in [0.15, 0.2) is 103 Å². The summed E-state index contributed by atoms with van der Waals surface area (Å²) < 4.78 is 5.94. The van der Waals surface area contributed by atoms with Crippen molar-refractivity contribution in [2.75, 3.05) is 18.1 Å². The second-order valence-corrected chi connectivity index (χ2v) is 10.1. The van der Waals surface area contributed by atoms with E-state index in [1.54, 1.807) is 30.3 Å². The second kappa shape index (κ2) is 10.7. The van der Waals surface area contributed by atoms with E-state index in [0.29, 0.717) is 5.69 Å². The molecule has 2 aliphatic rings. The molecule has 1 heterocycles. The molecule has 0 saturated carbocycles. The Morgan fingerprint density at radius 1 is 0.775 bits per heavy atom. The molecule has 40 heavy (non-hydrogen) atoms. The number of carboxylic acids is 1. The van der Waals surface area contributed by atoms with Gasteiger partial charge in [-0.2, -0.15) is 0 Å². The van der Waals surface area contributed by atoms with Crippen molar-refractivity contribution < 1.29 is 24.2 Å². The minimum absolute atomic E-state index is 0.115. The summed E-state index contributed by atoms with van der Waals surface area (Å²) in [6.07, 6.45) is -0.333. The van der Waals surface area contributed by atoms with Crippen LogP contribution >= 0.6 is 0 Å². The fraction of sp³-hybridized carbons (Fsp3) is 0.182. The molecule has 4 aromatic carbocycles. The van der Waals surface area contributed by atoms with Crippen LogP contribution in [0.2, 0.25) is 0 Å². The van der Waals surface area contributed by atoms with E-state index < -0.39 is 30.6 Å². The Kier molecular flexibility index (Phi) is 6.78. The Bertz CT molecular complexity index is 1540. The molecule has 0 bridgehead atoms. The summed E-state index contributed by atoms with van der Waals surface area (Å²) in [7, 11) is 0. The van der Waals surface area contributed by atoms with Crippen molar-refractivity contribution >= 4 is 23.7 Å². The molecular weight excluding hydrogens is 504 g/mol. The lowest BCUT2D eigenvalue weighted by atomic mass is 9.93. The van der Waals surface area contributed by atoms with Gasteiger partial charge in [0.2, 0.25) is 0 Å². The number of nitrogens with zero attached hydrogens (tertiary/aromatic N) is 2. The summed E-state index contributed by atoms with van der Waals surface area (Å²) in [5.74, 6) is -1.71. The SMILES string of the molecule is O=C(O)CN(C(=O)[C@H]1Cc2ccccc2CN1C(=O)OCC1c2ccccc2-c2ccccc21)c1ccccc1. The largest absolute Gasteiger partial charge is 0.480 e. The Labute approximate surface area is 232 Å². The minimum Gasteiger partial charge on any atom is -0.480 e. The molecule has 0 fully saturated rings. The molecule has 0 unspecified atom stereocenters. The highest BCUT2D eigenvalue weighted by Gasteiger charge is 2.39.